The van der Waals surface area contributed by atoms with Crippen LogP contribution >= 0.6 is 0 Å². The highest BCUT2D eigenvalue weighted by molar-refractivity contribution is 5.73. The lowest BCUT2D eigenvalue weighted by molar-refractivity contribution is -0.157. The van der Waals surface area contributed by atoms with Crippen LogP contribution in [0.1, 0.15) is 39.5 Å². The van der Waals surface area contributed by atoms with E-state index in [9.17, 15) is 9.90 Å². The van der Waals surface area contributed by atoms with E-state index in [4.69, 9.17) is 0 Å². The summed E-state index contributed by atoms with van der Waals surface area (Å²) in [6, 6.07) is 0. The molecule has 1 aliphatic carbocycles. The summed E-state index contributed by atoms with van der Waals surface area (Å²) < 4.78 is 4.66. The van der Waals surface area contributed by atoms with Crippen molar-refractivity contribution >= 4 is 5.97 Å². The molecular weight excluding hydrogens is 180 g/mol. The zero-order valence-electron chi connectivity index (χ0n) is 9.25. The molecule has 0 spiro atoms. The standard InChI is InChI=1S/C11H20O3/c1-8-4-6-11(13,7-5-8)9(2)10(12)14-3/h8-9,13H,4-7H2,1-3H3. The molecule has 3 heteroatoms. The summed E-state index contributed by atoms with van der Waals surface area (Å²) in [5, 5.41) is 10.3. The van der Waals surface area contributed by atoms with Crippen molar-refractivity contribution in [1.82, 2.24) is 0 Å². The van der Waals surface area contributed by atoms with Gasteiger partial charge in [-0.2, -0.15) is 0 Å². The van der Waals surface area contributed by atoms with E-state index in [2.05, 4.69) is 11.7 Å². The number of aliphatic hydroxyl groups is 1. The second kappa shape index (κ2) is 4.30. The minimum atomic E-state index is -0.834. The zero-order valence-corrected chi connectivity index (χ0v) is 9.25. The Morgan fingerprint density at radius 3 is 2.43 bits per heavy atom. The Kier molecular flexibility index (Phi) is 3.53. The molecule has 1 unspecified atom stereocenters. The number of rotatable bonds is 2. The molecule has 1 N–H and O–H groups in total. The van der Waals surface area contributed by atoms with Crippen LogP contribution in [0.3, 0.4) is 0 Å². The van der Waals surface area contributed by atoms with Gasteiger partial charge in [0.05, 0.1) is 18.6 Å². The molecule has 1 saturated carbocycles. The molecule has 0 bridgehead atoms. The van der Waals surface area contributed by atoms with Crippen molar-refractivity contribution < 1.29 is 14.6 Å². The number of hydrogen-bond donors (Lipinski definition) is 1. The minimum absolute atomic E-state index is 0.304. The van der Waals surface area contributed by atoms with Gasteiger partial charge in [-0.3, -0.25) is 4.79 Å². The van der Waals surface area contributed by atoms with Gasteiger partial charge in [-0.15, -0.1) is 0 Å². The molecule has 0 radical (unpaired) electrons. The highest BCUT2D eigenvalue weighted by atomic mass is 16.5. The smallest absolute Gasteiger partial charge is 0.311 e. The Bertz CT molecular complexity index is 205. The molecule has 14 heavy (non-hydrogen) atoms. The van der Waals surface area contributed by atoms with Gasteiger partial charge in [-0.1, -0.05) is 6.92 Å². The summed E-state index contributed by atoms with van der Waals surface area (Å²) in [6.07, 6.45) is 3.42. The number of methoxy groups -OCH3 is 1. The number of esters is 1. The van der Waals surface area contributed by atoms with Gasteiger partial charge in [0, 0.05) is 0 Å². The SMILES string of the molecule is COC(=O)C(C)C1(O)CCC(C)CC1. The van der Waals surface area contributed by atoms with Gasteiger partial charge < -0.3 is 9.84 Å². The van der Waals surface area contributed by atoms with E-state index in [1.807, 2.05) is 0 Å². The summed E-state index contributed by atoms with van der Waals surface area (Å²) in [5.74, 6) is -0.0397. The molecule has 1 atom stereocenters. The summed E-state index contributed by atoms with van der Waals surface area (Å²) in [7, 11) is 1.37. The molecule has 0 amide bonds. The molecule has 0 aromatic rings. The number of carbonyl (C=O) groups excluding carboxylic acids is 1. The van der Waals surface area contributed by atoms with Gasteiger partial charge in [0.15, 0.2) is 0 Å². The Hall–Kier alpha value is -0.570. The summed E-state index contributed by atoms with van der Waals surface area (Å²) in [4.78, 5) is 11.3. The average molecular weight is 200 g/mol. The van der Waals surface area contributed by atoms with Gasteiger partial charge in [0.2, 0.25) is 0 Å². The fraction of sp³-hybridized carbons (Fsp3) is 0.909. The molecule has 82 valence electrons. The first-order valence-corrected chi connectivity index (χ1v) is 5.30. The summed E-state index contributed by atoms with van der Waals surface area (Å²) in [6.45, 7) is 3.93. The fourth-order valence-electron chi connectivity index (χ4n) is 2.09. The van der Waals surface area contributed by atoms with E-state index in [0.717, 1.165) is 12.8 Å². The Balaban J connectivity index is 2.61. The molecule has 0 heterocycles. The van der Waals surface area contributed by atoms with E-state index < -0.39 is 11.5 Å². The van der Waals surface area contributed by atoms with Crippen molar-refractivity contribution in [3.63, 3.8) is 0 Å². The van der Waals surface area contributed by atoms with Crippen molar-refractivity contribution in [2.24, 2.45) is 11.8 Å². The van der Waals surface area contributed by atoms with Gasteiger partial charge in [-0.05, 0) is 38.5 Å². The van der Waals surface area contributed by atoms with E-state index in [0.29, 0.717) is 18.8 Å². The summed E-state index contributed by atoms with van der Waals surface area (Å²) >= 11 is 0. The largest absolute Gasteiger partial charge is 0.469 e. The van der Waals surface area contributed by atoms with Crippen molar-refractivity contribution in [2.45, 2.75) is 45.1 Å². The Morgan fingerprint density at radius 2 is 2.00 bits per heavy atom. The van der Waals surface area contributed by atoms with Crippen LogP contribution in [-0.2, 0) is 9.53 Å². The first-order chi connectivity index (χ1) is 6.49. The van der Waals surface area contributed by atoms with Crippen LogP contribution in [0.5, 0.6) is 0 Å². The van der Waals surface area contributed by atoms with Crippen LogP contribution in [0.15, 0.2) is 0 Å². The second-order valence-corrected chi connectivity index (χ2v) is 4.53. The Morgan fingerprint density at radius 1 is 1.50 bits per heavy atom. The topological polar surface area (TPSA) is 46.5 Å². The molecule has 0 aliphatic heterocycles. The van der Waals surface area contributed by atoms with Crippen LogP contribution in [0, 0.1) is 11.8 Å². The van der Waals surface area contributed by atoms with Gasteiger partial charge in [0.25, 0.3) is 0 Å². The van der Waals surface area contributed by atoms with Crippen LogP contribution < -0.4 is 0 Å². The first kappa shape index (κ1) is 11.5. The maximum atomic E-state index is 11.3. The number of ether oxygens (including phenoxy) is 1. The zero-order chi connectivity index (χ0) is 10.8. The van der Waals surface area contributed by atoms with Crippen LogP contribution in [0.4, 0.5) is 0 Å². The van der Waals surface area contributed by atoms with E-state index in [1.54, 1.807) is 6.92 Å². The van der Waals surface area contributed by atoms with Crippen LogP contribution in [0.2, 0.25) is 0 Å². The number of hydrogen-bond acceptors (Lipinski definition) is 3. The van der Waals surface area contributed by atoms with E-state index in [1.165, 1.54) is 7.11 Å². The second-order valence-electron chi connectivity index (χ2n) is 4.53. The number of carbonyl (C=O) groups is 1. The van der Waals surface area contributed by atoms with Gasteiger partial charge >= 0.3 is 5.97 Å². The average Bonchev–Trinajstić information content (AvgIpc) is 2.20. The lowest BCUT2D eigenvalue weighted by atomic mass is 9.73. The normalized spacial score (nSPS) is 35.0. The van der Waals surface area contributed by atoms with Crippen LogP contribution in [-0.4, -0.2) is 23.8 Å². The third-order valence-corrected chi connectivity index (χ3v) is 3.50. The highest BCUT2D eigenvalue weighted by Crippen LogP contribution is 2.37. The molecule has 3 nitrogen and oxygen atoms in total. The fourth-order valence-corrected chi connectivity index (χ4v) is 2.09. The molecule has 0 aromatic heterocycles. The molecular formula is C11H20O3. The molecule has 1 fully saturated rings. The maximum Gasteiger partial charge on any atom is 0.311 e. The third-order valence-electron chi connectivity index (χ3n) is 3.50. The Labute approximate surface area is 85.5 Å². The highest BCUT2D eigenvalue weighted by Gasteiger charge is 2.41. The molecule has 1 aliphatic rings. The van der Waals surface area contributed by atoms with Crippen molar-refractivity contribution in [2.75, 3.05) is 7.11 Å². The predicted octanol–water partition coefficient (Wildman–Crippen LogP) is 1.74. The van der Waals surface area contributed by atoms with Crippen molar-refractivity contribution in [1.29, 1.82) is 0 Å². The summed E-state index contributed by atoms with van der Waals surface area (Å²) in [5.41, 5.74) is -0.834. The monoisotopic (exact) mass is 200 g/mol. The molecule has 1 rings (SSSR count). The lowest BCUT2D eigenvalue weighted by Gasteiger charge is -2.38. The van der Waals surface area contributed by atoms with Gasteiger partial charge in [-0.25, -0.2) is 0 Å². The molecule has 0 saturated heterocycles. The van der Waals surface area contributed by atoms with Crippen molar-refractivity contribution in [3.8, 4) is 0 Å². The van der Waals surface area contributed by atoms with Gasteiger partial charge in [0.1, 0.15) is 0 Å². The first-order valence-electron chi connectivity index (χ1n) is 5.30. The van der Waals surface area contributed by atoms with E-state index in [-0.39, 0.29) is 5.97 Å². The predicted molar refractivity (Wildman–Crippen MR) is 53.8 cm³/mol. The minimum Gasteiger partial charge on any atom is -0.469 e. The third kappa shape index (κ3) is 2.27. The van der Waals surface area contributed by atoms with Crippen LogP contribution in [0.25, 0.3) is 0 Å². The lowest BCUT2D eigenvalue weighted by Crippen LogP contribution is -2.44. The molecule has 0 aromatic carbocycles. The maximum absolute atomic E-state index is 11.3. The van der Waals surface area contributed by atoms with Crippen molar-refractivity contribution in [3.05, 3.63) is 0 Å². The van der Waals surface area contributed by atoms with E-state index >= 15 is 0 Å². The quantitative estimate of drug-likeness (QED) is 0.691.